The van der Waals surface area contributed by atoms with Crippen molar-refractivity contribution in [3.8, 4) is 11.1 Å². The lowest BCUT2D eigenvalue weighted by Gasteiger charge is -2.17. The Morgan fingerprint density at radius 1 is 1.07 bits per heavy atom. The summed E-state index contributed by atoms with van der Waals surface area (Å²) < 4.78 is 50.8. The fraction of sp³-hybridized carbons (Fsp3) is 0.176. The van der Waals surface area contributed by atoms with Gasteiger partial charge < -0.3 is 10.7 Å². The number of imidazole rings is 1. The minimum absolute atomic E-state index is 0.00872. The molecule has 5 N–H and O–H groups in total. The Morgan fingerprint density at radius 3 is 2.53 bits per heavy atom. The quantitative estimate of drug-likeness (QED) is 0.501. The number of sulfone groups is 1. The topological polar surface area (TPSA) is 186 Å². The fourth-order valence-electron chi connectivity index (χ4n) is 3.34. The molecule has 2 heterocycles. The average Bonchev–Trinajstić information content (AvgIpc) is 3.37. The number of hydrogen-bond donors (Lipinski definition) is 3. The molecule has 0 aliphatic carbocycles. The van der Waals surface area contributed by atoms with E-state index < -0.39 is 35.4 Å². The third-order valence-electron chi connectivity index (χ3n) is 4.54. The summed E-state index contributed by atoms with van der Waals surface area (Å²) in [5, 5.41) is 13.2. The van der Waals surface area contributed by atoms with Crippen molar-refractivity contribution < 1.29 is 16.8 Å². The lowest BCUT2D eigenvalue weighted by Crippen LogP contribution is -2.24. The zero-order valence-corrected chi connectivity index (χ0v) is 17.1. The summed E-state index contributed by atoms with van der Waals surface area (Å²) >= 11 is 0. The maximum absolute atomic E-state index is 12.8. The molecule has 156 valence electrons. The molecule has 0 saturated heterocycles. The van der Waals surface area contributed by atoms with Crippen LogP contribution in [0.3, 0.4) is 0 Å². The summed E-state index contributed by atoms with van der Waals surface area (Å²) in [4.78, 5) is 10.4. The smallest absolute Gasteiger partial charge is 0.240 e. The summed E-state index contributed by atoms with van der Waals surface area (Å²) in [5.74, 6) is -0.469. The number of nitrogens with one attached hydrogen (secondary N) is 1. The van der Waals surface area contributed by atoms with Crippen LogP contribution in [-0.2, 0) is 19.9 Å². The first kappa shape index (κ1) is 20.3. The number of fused-ring (bicyclic) bond motifs is 1. The highest BCUT2D eigenvalue weighted by Gasteiger charge is 2.32. The molecule has 0 amide bonds. The number of benzene rings is 2. The number of rotatable bonds is 6. The van der Waals surface area contributed by atoms with Gasteiger partial charge in [0.05, 0.1) is 33.6 Å². The summed E-state index contributed by atoms with van der Waals surface area (Å²) in [5.41, 5.74) is 7.58. The lowest BCUT2D eigenvalue weighted by molar-refractivity contribution is 0.583. The molecule has 0 unspecified atom stereocenters. The van der Waals surface area contributed by atoms with Crippen molar-refractivity contribution in [1.29, 1.82) is 0 Å². The van der Waals surface area contributed by atoms with Gasteiger partial charge in [0.2, 0.25) is 10.0 Å². The summed E-state index contributed by atoms with van der Waals surface area (Å²) in [7, 11) is -8.54. The highest BCUT2D eigenvalue weighted by Crippen LogP contribution is 2.37. The number of aliphatic imine (C=N–C) groups is 1. The number of aromatic nitrogens is 2. The van der Waals surface area contributed by atoms with Crippen molar-refractivity contribution in [3.63, 3.8) is 0 Å². The number of nitrogens with zero attached hydrogens (tertiary/aromatic N) is 4. The third kappa shape index (κ3) is 3.41. The number of amidine groups is 1. The number of aromatic amines is 1. The molecule has 1 aliphatic heterocycles. The SMILES string of the molecule is NCCS(=O)(=O)c1ccc(-c2cccc3[nH]cnc23)c(C2=NCN=N2)c1S(N)(=O)=O. The molecule has 4 rings (SSSR count). The summed E-state index contributed by atoms with van der Waals surface area (Å²) in [6, 6.07) is 8.00. The van der Waals surface area contributed by atoms with Crippen LogP contribution in [0.1, 0.15) is 5.56 Å². The van der Waals surface area contributed by atoms with E-state index in [-0.39, 0.29) is 24.6 Å². The number of primary sulfonamides is 1. The molecule has 1 aliphatic rings. The maximum atomic E-state index is 12.8. The van der Waals surface area contributed by atoms with Crippen LogP contribution in [0.4, 0.5) is 0 Å². The molecule has 0 fully saturated rings. The molecule has 11 nitrogen and oxygen atoms in total. The Labute approximate surface area is 171 Å². The maximum Gasteiger partial charge on any atom is 0.240 e. The van der Waals surface area contributed by atoms with E-state index in [1.807, 2.05) is 0 Å². The van der Waals surface area contributed by atoms with Gasteiger partial charge in [-0.1, -0.05) is 18.2 Å². The second kappa shape index (κ2) is 7.36. The Hall–Kier alpha value is -3.00. The van der Waals surface area contributed by atoms with E-state index in [4.69, 9.17) is 10.9 Å². The van der Waals surface area contributed by atoms with Gasteiger partial charge in [0.25, 0.3) is 0 Å². The van der Waals surface area contributed by atoms with E-state index in [9.17, 15) is 16.8 Å². The van der Waals surface area contributed by atoms with Gasteiger partial charge in [0, 0.05) is 12.1 Å². The van der Waals surface area contributed by atoms with Gasteiger partial charge in [-0.05, 0) is 17.7 Å². The number of nitrogens with two attached hydrogens (primary N) is 2. The van der Waals surface area contributed by atoms with E-state index in [0.717, 1.165) is 0 Å². The molecule has 30 heavy (non-hydrogen) atoms. The fourth-order valence-corrected chi connectivity index (χ4v) is 6.10. The van der Waals surface area contributed by atoms with Crippen LogP contribution in [0.15, 0.2) is 61.7 Å². The average molecular weight is 448 g/mol. The standard InChI is InChI=1S/C17H17N7O4S2/c18-6-7-29(25,26)13-5-4-10(11-2-1-3-12-15(11)21-8-20-12)14(16(13)30(19,27)28)17-22-9-23-24-17/h1-5,8H,6-7,9,18H2,(H,20,21)(H2,19,27,28). The van der Waals surface area contributed by atoms with E-state index in [1.165, 1.54) is 18.5 Å². The highest BCUT2D eigenvalue weighted by atomic mass is 32.2. The number of sulfonamides is 1. The zero-order chi connectivity index (χ0) is 21.5. The predicted molar refractivity (Wildman–Crippen MR) is 110 cm³/mol. The van der Waals surface area contributed by atoms with Crippen LogP contribution >= 0.6 is 0 Å². The van der Waals surface area contributed by atoms with Crippen LogP contribution in [0.5, 0.6) is 0 Å². The predicted octanol–water partition coefficient (Wildman–Crippen LogP) is 0.780. The highest BCUT2D eigenvalue weighted by molar-refractivity contribution is 7.93. The molecular formula is C17H17N7O4S2. The van der Waals surface area contributed by atoms with Crippen LogP contribution in [0.25, 0.3) is 22.2 Å². The van der Waals surface area contributed by atoms with Crippen molar-refractivity contribution >= 4 is 36.7 Å². The first-order valence-corrected chi connectivity index (χ1v) is 11.9. The molecule has 0 saturated carbocycles. The molecule has 0 bridgehead atoms. The van der Waals surface area contributed by atoms with E-state index >= 15 is 0 Å². The number of H-pyrrole nitrogens is 1. The second-order valence-corrected chi connectivity index (χ2v) is 10.0. The van der Waals surface area contributed by atoms with Gasteiger partial charge in [-0.2, -0.15) is 5.11 Å². The summed E-state index contributed by atoms with van der Waals surface area (Å²) in [6.07, 6.45) is 1.50. The van der Waals surface area contributed by atoms with Crippen molar-refractivity contribution in [2.75, 3.05) is 19.0 Å². The van der Waals surface area contributed by atoms with Crippen LogP contribution in [-0.4, -0.2) is 51.6 Å². The monoisotopic (exact) mass is 447 g/mol. The lowest BCUT2D eigenvalue weighted by atomic mass is 9.97. The Balaban J connectivity index is 2.16. The Bertz CT molecular complexity index is 1420. The normalized spacial score (nSPS) is 14.4. The summed E-state index contributed by atoms with van der Waals surface area (Å²) in [6.45, 7) is -0.193. The first-order chi connectivity index (χ1) is 14.2. The second-order valence-electron chi connectivity index (χ2n) is 6.44. The Kier molecular flexibility index (Phi) is 4.97. The van der Waals surface area contributed by atoms with Crippen LogP contribution in [0, 0.1) is 0 Å². The van der Waals surface area contributed by atoms with Gasteiger partial charge in [-0.15, -0.1) is 5.11 Å². The largest absolute Gasteiger partial charge is 0.345 e. The van der Waals surface area contributed by atoms with Gasteiger partial charge in [-0.3, -0.25) is 0 Å². The van der Waals surface area contributed by atoms with Gasteiger partial charge in [-0.25, -0.2) is 32.0 Å². The van der Waals surface area contributed by atoms with E-state index in [2.05, 4.69) is 25.2 Å². The van der Waals surface area contributed by atoms with Gasteiger partial charge in [0.15, 0.2) is 22.3 Å². The first-order valence-electron chi connectivity index (χ1n) is 8.71. The molecule has 3 aromatic rings. The molecule has 13 heteroatoms. The van der Waals surface area contributed by atoms with Gasteiger partial charge in [0.1, 0.15) is 4.90 Å². The van der Waals surface area contributed by atoms with Crippen LogP contribution < -0.4 is 10.9 Å². The Morgan fingerprint density at radius 2 is 1.87 bits per heavy atom. The number of para-hydroxylation sites is 1. The molecule has 0 radical (unpaired) electrons. The van der Waals surface area contributed by atoms with Crippen molar-refractivity contribution in [1.82, 2.24) is 9.97 Å². The molecule has 2 aromatic carbocycles. The zero-order valence-electron chi connectivity index (χ0n) is 15.5. The number of azo groups is 1. The molecule has 0 spiro atoms. The van der Waals surface area contributed by atoms with Crippen LogP contribution in [0.2, 0.25) is 0 Å². The molecule has 1 aromatic heterocycles. The molecular weight excluding hydrogens is 430 g/mol. The van der Waals surface area contributed by atoms with Crippen molar-refractivity contribution in [2.45, 2.75) is 9.79 Å². The van der Waals surface area contributed by atoms with E-state index in [1.54, 1.807) is 18.2 Å². The van der Waals surface area contributed by atoms with E-state index in [0.29, 0.717) is 22.2 Å². The minimum atomic E-state index is -4.50. The van der Waals surface area contributed by atoms with Crippen molar-refractivity contribution in [3.05, 3.63) is 42.2 Å². The van der Waals surface area contributed by atoms with Gasteiger partial charge >= 0.3 is 0 Å². The van der Waals surface area contributed by atoms with Crippen molar-refractivity contribution in [2.24, 2.45) is 26.1 Å². The number of hydrogen-bond acceptors (Lipinski definition) is 9. The third-order valence-corrected chi connectivity index (χ3v) is 7.45. The minimum Gasteiger partial charge on any atom is -0.345 e. The molecule has 0 atom stereocenters.